The standard InChI is InChI=1S/C20H20ClN3O2S/c1-22-19(26)17-13-18(25)24(12-11-14-7-9-15(21)10-8-14)20(27-17)23-16-5-3-2-4-6-16/h2-10,17H,11-13H2,1H3,(H,22,26). The number of rotatable bonds is 5. The Balaban J connectivity index is 1.82. The van der Waals surface area contributed by atoms with E-state index in [0.717, 1.165) is 11.3 Å². The number of carbonyl (C=O) groups is 2. The number of carbonyl (C=O) groups excluding carboxylic acids is 2. The third kappa shape index (κ3) is 5.11. The third-order valence-corrected chi connectivity index (χ3v) is 5.64. The first-order chi connectivity index (χ1) is 13.1. The van der Waals surface area contributed by atoms with Crippen LogP contribution < -0.4 is 5.32 Å². The zero-order valence-electron chi connectivity index (χ0n) is 14.9. The fourth-order valence-corrected chi connectivity index (χ4v) is 4.04. The molecule has 0 aromatic heterocycles. The van der Waals surface area contributed by atoms with Gasteiger partial charge in [0.2, 0.25) is 11.8 Å². The zero-order valence-corrected chi connectivity index (χ0v) is 16.5. The van der Waals surface area contributed by atoms with Crippen molar-refractivity contribution in [2.24, 2.45) is 4.99 Å². The molecule has 1 aliphatic rings. The number of para-hydroxylation sites is 1. The molecule has 1 saturated heterocycles. The normalized spacial score (nSPS) is 18.6. The number of nitrogens with zero attached hydrogens (tertiary/aromatic N) is 2. The van der Waals surface area contributed by atoms with Crippen LogP contribution in [-0.2, 0) is 16.0 Å². The Bertz CT molecular complexity index is 840. The maximum Gasteiger partial charge on any atom is 0.233 e. The van der Waals surface area contributed by atoms with Gasteiger partial charge in [-0.2, -0.15) is 0 Å². The molecule has 3 rings (SSSR count). The van der Waals surface area contributed by atoms with Crippen molar-refractivity contribution in [1.82, 2.24) is 10.2 Å². The minimum Gasteiger partial charge on any atom is -0.358 e. The van der Waals surface area contributed by atoms with Crippen molar-refractivity contribution in [3.63, 3.8) is 0 Å². The summed E-state index contributed by atoms with van der Waals surface area (Å²) in [5.41, 5.74) is 1.84. The molecule has 0 saturated carbocycles. The molecule has 0 radical (unpaired) electrons. The Kier molecular flexibility index (Phi) is 6.53. The Morgan fingerprint density at radius 3 is 2.59 bits per heavy atom. The first kappa shape index (κ1) is 19.5. The molecule has 7 heteroatoms. The van der Waals surface area contributed by atoms with Crippen LogP contribution in [0.4, 0.5) is 5.69 Å². The van der Waals surface area contributed by atoms with Gasteiger partial charge in [-0.05, 0) is 36.2 Å². The van der Waals surface area contributed by atoms with E-state index in [1.165, 1.54) is 11.8 Å². The quantitative estimate of drug-likeness (QED) is 0.831. The molecule has 1 fully saturated rings. The molecule has 1 aliphatic heterocycles. The van der Waals surface area contributed by atoms with Crippen molar-refractivity contribution in [3.8, 4) is 0 Å². The Hall–Kier alpha value is -2.31. The molecule has 27 heavy (non-hydrogen) atoms. The van der Waals surface area contributed by atoms with E-state index >= 15 is 0 Å². The number of hydrogen-bond donors (Lipinski definition) is 1. The topological polar surface area (TPSA) is 61.8 Å². The average molecular weight is 402 g/mol. The van der Waals surface area contributed by atoms with E-state index in [4.69, 9.17) is 11.6 Å². The maximum atomic E-state index is 12.7. The lowest BCUT2D eigenvalue weighted by molar-refractivity contribution is -0.130. The number of amides is 2. The van der Waals surface area contributed by atoms with Gasteiger partial charge in [0.25, 0.3) is 0 Å². The van der Waals surface area contributed by atoms with E-state index in [-0.39, 0.29) is 18.2 Å². The number of aliphatic imine (C=N–C) groups is 1. The van der Waals surface area contributed by atoms with Gasteiger partial charge in [-0.1, -0.05) is 53.7 Å². The van der Waals surface area contributed by atoms with Crippen LogP contribution in [0.25, 0.3) is 0 Å². The summed E-state index contributed by atoms with van der Waals surface area (Å²) in [5.74, 6) is -0.252. The van der Waals surface area contributed by atoms with Crippen LogP contribution in [0, 0.1) is 0 Å². The molecule has 0 aliphatic carbocycles. The lowest BCUT2D eigenvalue weighted by Gasteiger charge is -2.31. The van der Waals surface area contributed by atoms with Gasteiger partial charge in [0.15, 0.2) is 5.17 Å². The second kappa shape index (κ2) is 9.06. The fourth-order valence-electron chi connectivity index (χ4n) is 2.73. The lowest BCUT2D eigenvalue weighted by atomic mass is 10.1. The van der Waals surface area contributed by atoms with E-state index in [2.05, 4.69) is 10.3 Å². The van der Waals surface area contributed by atoms with Crippen LogP contribution in [0.2, 0.25) is 5.02 Å². The lowest BCUT2D eigenvalue weighted by Crippen LogP contribution is -2.46. The molecular weight excluding hydrogens is 382 g/mol. The summed E-state index contributed by atoms with van der Waals surface area (Å²) in [4.78, 5) is 31.1. The van der Waals surface area contributed by atoms with Gasteiger partial charge < -0.3 is 5.32 Å². The van der Waals surface area contributed by atoms with Crippen LogP contribution in [-0.4, -0.2) is 40.7 Å². The SMILES string of the molecule is CNC(=O)C1CC(=O)N(CCc2ccc(Cl)cc2)C(=Nc2ccccc2)S1. The molecule has 5 nitrogen and oxygen atoms in total. The number of benzene rings is 2. The van der Waals surface area contributed by atoms with E-state index in [9.17, 15) is 9.59 Å². The van der Waals surface area contributed by atoms with Gasteiger partial charge in [-0.15, -0.1) is 0 Å². The molecule has 140 valence electrons. The minimum absolute atomic E-state index is 0.0917. The van der Waals surface area contributed by atoms with Crippen LogP contribution in [0.1, 0.15) is 12.0 Å². The molecule has 2 aromatic carbocycles. The molecule has 1 unspecified atom stereocenters. The van der Waals surface area contributed by atoms with E-state index in [1.807, 2.05) is 54.6 Å². The predicted octanol–water partition coefficient (Wildman–Crippen LogP) is 3.65. The third-order valence-electron chi connectivity index (χ3n) is 4.20. The van der Waals surface area contributed by atoms with E-state index in [0.29, 0.717) is 23.2 Å². The second-order valence-corrected chi connectivity index (χ2v) is 7.68. The van der Waals surface area contributed by atoms with Crippen molar-refractivity contribution in [3.05, 3.63) is 65.2 Å². The summed E-state index contributed by atoms with van der Waals surface area (Å²) < 4.78 is 0. The first-order valence-corrected chi connectivity index (χ1v) is 9.89. The van der Waals surface area contributed by atoms with E-state index in [1.54, 1.807) is 11.9 Å². The summed E-state index contributed by atoms with van der Waals surface area (Å²) in [6.07, 6.45) is 0.848. The highest BCUT2D eigenvalue weighted by atomic mass is 35.5. The molecule has 2 aromatic rings. The summed E-state index contributed by atoms with van der Waals surface area (Å²) in [6, 6.07) is 17.0. The van der Waals surface area contributed by atoms with Crippen LogP contribution >= 0.6 is 23.4 Å². The van der Waals surface area contributed by atoms with Crippen molar-refractivity contribution >= 4 is 46.0 Å². The Morgan fingerprint density at radius 2 is 1.93 bits per heavy atom. The monoisotopic (exact) mass is 401 g/mol. The predicted molar refractivity (Wildman–Crippen MR) is 110 cm³/mol. The smallest absolute Gasteiger partial charge is 0.233 e. The van der Waals surface area contributed by atoms with Gasteiger partial charge in [0, 0.05) is 25.0 Å². The molecule has 0 spiro atoms. The largest absolute Gasteiger partial charge is 0.358 e. The second-order valence-electron chi connectivity index (χ2n) is 6.08. The summed E-state index contributed by atoms with van der Waals surface area (Å²) in [6.45, 7) is 0.500. The van der Waals surface area contributed by atoms with Crippen LogP contribution in [0.15, 0.2) is 59.6 Å². The highest BCUT2D eigenvalue weighted by Crippen LogP contribution is 2.29. The number of hydrogen-bond acceptors (Lipinski definition) is 4. The summed E-state index contributed by atoms with van der Waals surface area (Å²) >= 11 is 7.26. The Morgan fingerprint density at radius 1 is 1.22 bits per heavy atom. The number of nitrogens with one attached hydrogen (secondary N) is 1. The fraction of sp³-hybridized carbons (Fsp3) is 0.250. The van der Waals surface area contributed by atoms with Crippen molar-refractivity contribution in [2.45, 2.75) is 18.1 Å². The molecule has 0 bridgehead atoms. The summed E-state index contributed by atoms with van der Waals surface area (Å²) in [7, 11) is 1.58. The highest BCUT2D eigenvalue weighted by Gasteiger charge is 2.35. The van der Waals surface area contributed by atoms with Gasteiger partial charge >= 0.3 is 0 Å². The first-order valence-electron chi connectivity index (χ1n) is 8.63. The van der Waals surface area contributed by atoms with Crippen LogP contribution in [0.5, 0.6) is 0 Å². The van der Waals surface area contributed by atoms with Crippen molar-refractivity contribution in [2.75, 3.05) is 13.6 Å². The van der Waals surface area contributed by atoms with Gasteiger partial charge in [-0.3, -0.25) is 14.5 Å². The molecular formula is C20H20ClN3O2S. The number of thioether (sulfide) groups is 1. The summed E-state index contributed by atoms with van der Waals surface area (Å²) in [5, 5.41) is 3.40. The number of amidine groups is 1. The number of halogens is 1. The van der Waals surface area contributed by atoms with Crippen molar-refractivity contribution < 1.29 is 9.59 Å². The Labute approximate surface area is 167 Å². The maximum absolute atomic E-state index is 12.7. The minimum atomic E-state index is -0.461. The average Bonchev–Trinajstić information content (AvgIpc) is 2.68. The van der Waals surface area contributed by atoms with Crippen LogP contribution in [0.3, 0.4) is 0 Å². The van der Waals surface area contributed by atoms with Crippen molar-refractivity contribution in [1.29, 1.82) is 0 Å². The molecule has 1 heterocycles. The molecule has 2 amide bonds. The van der Waals surface area contributed by atoms with E-state index < -0.39 is 5.25 Å². The highest BCUT2D eigenvalue weighted by molar-refractivity contribution is 8.15. The molecule has 1 N–H and O–H groups in total. The molecule has 1 atom stereocenters. The van der Waals surface area contributed by atoms with Gasteiger partial charge in [-0.25, -0.2) is 4.99 Å². The van der Waals surface area contributed by atoms with Gasteiger partial charge in [0.1, 0.15) is 0 Å². The zero-order chi connectivity index (χ0) is 19.2. The van der Waals surface area contributed by atoms with Gasteiger partial charge in [0.05, 0.1) is 10.9 Å².